The minimum absolute atomic E-state index is 0.673. The van der Waals surface area contributed by atoms with Gasteiger partial charge in [0.2, 0.25) is 0 Å². The molecule has 4 N–H and O–H groups in total. The highest BCUT2D eigenvalue weighted by Gasteiger charge is 2.17. The van der Waals surface area contributed by atoms with Gasteiger partial charge in [0.25, 0.3) is 0 Å². The lowest BCUT2D eigenvalue weighted by Gasteiger charge is -2.29. The van der Waals surface area contributed by atoms with E-state index in [1.807, 2.05) is 6.07 Å². The quantitative estimate of drug-likeness (QED) is 0.540. The zero-order valence-corrected chi connectivity index (χ0v) is 12.5. The van der Waals surface area contributed by atoms with E-state index in [0.717, 1.165) is 37.6 Å². The van der Waals surface area contributed by atoms with Crippen LogP contribution in [0.4, 0.5) is 11.6 Å². The number of hydrogen-bond acceptors (Lipinski definition) is 6. The summed E-state index contributed by atoms with van der Waals surface area (Å²) in [6.45, 7) is 5.45. The Labute approximate surface area is 121 Å². The summed E-state index contributed by atoms with van der Waals surface area (Å²) in [5.74, 6) is 8.53. The first-order chi connectivity index (χ1) is 9.71. The summed E-state index contributed by atoms with van der Waals surface area (Å²) in [4.78, 5) is 11.3. The number of aryl methyl sites for hydroxylation is 1. The highest BCUT2D eigenvalue weighted by atomic mass is 15.3. The maximum absolute atomic E-state index is 5.47. The molecule has 0 aromatic carbocycles. The van der Waals surface area contributed by atoms with E-state index in [1.54, 1.807) is 0 Å². The fourth-order valence-corrected chi connectivity index (χ4v) is 2.69. The number of aromatic nitrogens is 2. The minimum atomic E-state index is 0.673. The molecule has 2 heterocycles. The number of hydrogen-bond donors (Lipinski definition) is 3. The van der Waals surface area contributed by atoms with E-state index < -0.39 is 0 Å². The van der Waals surface area contributed by atoms with E-state index >= 15 is 0 Å². The molecule has 1 fully saturated rings. The van der Waals surface area contributed by atoms with E-state index in [1.165, 1.54) is 19.4 Å². The van der Waals surface area contributed by atoms with Crippen LogP contribution in [0.5, 0.6) is 0 Å². The molecule has 2 rings (SSSR count). The third kappa shape index (κ3) is 4.31. The van der Waals surface area contributed by atoms with Crippen molar-refractivity contribution in [2.75, 3.05) is 37.4 Å². The van der Waals surface area contributed by atoms with Gasteiger partial charge >= 0.3 is 0 Å². The smallest absolute Gasteiger partial charge is 0.145 e. The molecule has 1 unspecified atom stereocenters. The van der Waals surface area contributed by atoms with Gasteiger partial charge in [0.05, 0.1) is 0 Å². The van der Waals surface area contributed by atoms with Crippen LogP contribution in [0.15, 0.2) is 6.07 Å². The lowest BCUT2D eigenvalue weighted by molar-refractivity contribution is 0.217. The first-order valence-corrected chi connectivity index (χ1v) is 7.48. The van der Waals surface area contributed by atoms with Gasteiger partial charge in [-0.3, -0.25) is 0 Å². The molecule has 20 heavy (non-hydrogen) atoms. The Hall–Kier alpha value is -1.40. The van der Waals surface area contributed by atoms with Gasteiger partial charge < -0.3 is 15.6 Å². The van der Waals surface area contributed by atoms with Crippen molar-refractivity contribution in [3.05, 3.63) is 11.9 Å². The maximum Gasteiger partial charge on any atom is 0.145 e. The van der Waals surface area contributed by atoms with Gasteiger partial charge in [0, 0.05) is 25.6 Å². The van der Waals surface area contributed by atoms with E-state index in [2.05, 4.69) is 39.6 Å². The molecule has 1 aromatic heterocycles. The fraction of sp³-hybridized carbons (Fsp3) is 0.714. The zero-order valence-electron chi connectivity index (χ0n) is 12.5. The van der Waals surface area contributed by atoms with Crippen molar-refractivity contribution >= 4 is 11.6 Å². The van der Waals surface area contributed by atoms with Gasteiger partial charge in [-0.15, -0.1) is 0 Å². The number of anilines is 2. The molecule has 1 aromatic rings. The van der Waals surface area contributed by atoms with Gasteiger partial charge in [0.15, 0.2) is 0 Å². The Morgan fingerprint density at radius 2 is 2.20 bits per heavy atom. The van der Waals surface area contributed by atoms with Gasteiger partial charge in [-0.25, -0.2) is 15.8 Å². The van der Waals surface area contributed by atoms with Crippen molar-refractivity contribution < 1.29 is 0 Å². The van der Waals surface area contributed by atoms with E-state index in [4.69, 9.17) is 5.84 Å². The second-order valence-electron chi connectivity index (χ2n) is 5.60. The first-order valence-electron chi connectivity index (χ1n) is 7.48. The Bertz CT molecular complexity index is 422. The predicted octanol–water partition coefficient (Wildman–Crippen LogP) is 1.47. The number of nitrogen functional groups attached to an aromatic ring is 1. The number of piperidine rings is 1. The summed E-state index contributed by atoms with van der Waals surface area (Å²) >= 11 is 0. The van der Waals surface area contributed by atoms with Gasteiger partial charge in [0.1, 0.15) is 17.5 Å². The number of nitrogens with one attached hydrogen (secondary N) is 2. The van der Waals surface area contributed by atoms with Crippen LogP contribution in [-0.2, 0) is 6.42 Å². The Kier molecular flexibility index (Phi) is 5.55. The minimum Gasteiger partial charge on any atom is -0.370 e. The lowest BCUT2D eigenvalue weighted by Crippen LogP contribution is -2.35. The molecule has 112 valence electrons. The summed E-state index contributed by atoms with van der Waals surface area (Å²) in [5.41, 5.74) is 2.61. The molecule has 0 saturated carbocycles. The number of nitrogens with zero attached hydrogens (tertiary/aromatic N) is 3. The van der Waals surface area contributed by atoms with E-state index in [-0.39, 0.29) is 0 Å². The van der Waals surface area contributed by atoms with Crippen molar-refractivity contribution in [2.45, 2.75) is 32.6 Å². The molecule has 1 saturated heterocycles. The summed E-state index contributed by atoms with van der Waals surface area (Å²) in [7, 11) is 2.19. The fourth-order valence-electron chi connectivity index (χ4n) is 2.69. The Morgan fingerprint density at radius 3 is 2.90 bits per heavy atom. The van der Waals surface area contributed by atoms with Crippen molar-refractivity contribution in [1.82, 2.24) is 14.9 Å². The maximum atomic E-state index is 5.47. The van der Waals surface area contributed by atoms with E-state index in [0.29, 0.717) is 11.7 Å². The molecule has 6 heteroatoms. The van der Waals surface area contributed by atoms with Crippen LogP contribution in [0.25, 0.3) is 0 Å². The standard InChI is InChI=1S/C14H26N6/c1-3-5-12-17-13(8-14(18-12)19-15)16-9-11-6-4-7-20(2)10-11/h8,11H,3-7,9-10,15H2,1-2H3,(H2,16,17,18,19). The van der Waals surface area contributed by atoms with Crippen LogP contribution < -0.4 is 16.6 Å². The molecular weight excluding hydrogens is 252 g/mol. The zero-order chi connectivity index (χ0) is 14.4. The van der Waals surface area contributed by atoms with Crippen molar-refractivity contribution in [3.63, 3.8) is 0 Å². The highest BCUT2D eigenvalue weighted by Crippen LogP contribution is 2.17. The third-order valence-corrected chi connectivity index (χ3v) is 3.69. The summed E-state index contributed by atoms with van der Waals surface area (Å²) < 4.78 is 0. The van der Waals surface area contributed by atoms with Gasteiger partial charge in [-0.2, -0.15) is 0 Å². The molecule has 0 radical (unpaired) electrons. The van der Waals surface area contributed by atoms with Crippen LogP contribution in [0.3, 0.4) is 0 Å². The topological polar surface area (TPSA) is 79.1 Å². The molecular formula is C14H26N6. The van der Waals surface area contributed by atoms with Crippen LogP contribution in [0, 0.1) is 5.92 Å². The highest BCUT2D eigenvalue weighted by molar-refractivity contribution is 5.46. The Morgan fingerprint density at radius 1 is 1.40 bits per heavy atom. The van der Waals surface area contributed by atoms with Crippen molar-refractivity contribution in [2.24, 2.45) is 11.8 Å². The lowest BCUT2D eigenvalue weighted by atomic mass is 9.98. The van der Waals surface area contributed by atoms with Crippen molar-refractivity contribution in [1.29, 1.82) is 0 Å². The number of nitrogens with two attached hydrogens (primary N) is 1. The third-order valence-electron chi connectivity index (χ3n) is 3.69. The summed E-state index contributed by atoms with van der Waals surface area (Å²) in [6, 6.07) is 1.87. The molecule has 1 aliphatic rings. The molecule has 0 spiro atoms. The van der Waals surface area contributed by atoms with Gasteiger partial charge in [-0.05, 0) is 38.8 Å². The second kappa shape index (κ2) is 7.40. The van der Waals surface area contributed by atoms with Crippen LogP contribution >= 0.6 is 0 Å². The SMILES string of the molecule is CCCc1nc(NN)cc(NCC2CCCN(C)C2)n1. The number of rotatable bonds is 6. The summed E-state index contributed by atoms with van der Waals surface area (Å²) in [6.07, 6.45) is 4.47. The van der Waals surface area contributed by atoms with Crippen LogP contribution in [0.1, 0.15) is 32.0 Å². The molecule has 0 amide bonds. The first kappa shape index (κ1) is 15.0. The molecule has 1 atom stereocenters. The van der Waals surface area contributed by atoms with Crippen molar-refractivity contribution in [3.8, 4) is 0 Å². The summed E-state index contributed by atoms with van der Waals surface area (Å²) in [5, 5.41) is 3.44. The monoisotopic (exact) mass is 278 g/mol. The molecule has 1 aliphatic heterocycles. The van der Waals surface area contributed by atoms with Crippen LogP contribution in [-0.4, -0.2) is 41.5 Å². The average molecular weight is 278 g/mol. The van der Waals surface area contributed by atoms with Gasteiger partial charge in [-0.1, -0.05) is 6.92 Å². The number of likely N-dealkylation sites (tertiary alicyclic amines) is 1. The largest absolute Gasteiger partial charge is 0.370 e. The second-order valence-corrected chi connectivity index (χ2v) is 5.60. The number of hydrazine groups is 1. The molecule has 6 nitrogen and oxygen atoms in total. The molecule has 0 aliphatic carbocycles. The predicted molar refractivity (Wildman–Crippen MR) is 82.5 cm³/mol. The van der Waals surface area contributed by atoms with Crippen LogP contribution in [0.2, 0.25) is 0 Å². The van der Waals surface area contributed by atoms with E-state index in [9.17, 15) is 0 Å². The molecule has 0 bridgehead atoms. The Balaban J connectivity index is 1.95. The average Bonchev–Trinajstić information content (AvgIpc) is 2.45. The normalized spacial score (nSPS) is 19.9.